The molecule has 0 aliphatic heterocycles. The number of azo groups is 1. The first-order chi connectivity index (χ1) is 10.0. The first kappa shape index (κ1) is 14.9. The number of non-ortho nitro benzene ring substituents is 1. The van der Waals surface area contributed by atoms with E-state index in [1.54, 1.807) is 12.1 Å². The summed E-state index contributed by atoms with van der Waals surface area (Å²) >= 11 is 3.25. The number of nitrogens with zero attached hydrogens (tertiary/aromatic N) is 3. The van der Waals surface area contributed by atoms with E-state index < -0.39 is 4.92 Å². The third-order valence-electron chi connectivity index (χ3n) is 2.58. The average molecular weight is 352 g/mol. The van der Waals surface area contributed by atoms with Crippen LogP contribution in [0.4, 0.5) is 17.1 Å². The Labute approximate surface area is 128 Å². The lowest BCUT2D eigenvalue weighted by molar-refractivity contribution is -0.384. The van der Waals surface area contributed by atoms with Gasteiger partial charge in [0.2, 0.25) is 0 Å². The Morgan fingerprint density at radius 2 is 1.90 bits per heavy atom. The molecule has 0 atom stereocenters. The van der Waals surface area contributed by atoms with Crippen molar-refractivity contribution in [1.82, 2.24) is 0 Å². The van der Waals surface area contributed by atoms with Crippen molar-refractivity contribution in [3.8, 4) is 11.5 Å². The van der Waals surface area contributed by atoms with Crippen LogP contribution in [-0.2, 0) is 0 Å². The topological polar surface area (TPSA) is 97.3 Å². The summed E-state index contributed by atoms with van der Waals surface area (Å²) in [6.07, 6.45) is 0. The molecule has 0 fully saturated rings. The number of nitro groups is 1. The maximum absolute atomic E-state index is 10.8. The van der Waals surface area contributed by atoms with Gasteiger partial charge in [-0.25, -0.2) is 0 Å². The molecule has 0 amide bonds. The van der Waals surface area contributed by atoms with Crippen LogP contribution >= 0.6 is 15.9 Å². The minimum atomic E-state index is -0.533. The van der Waals surface area contributed by atoms with Gasteiger partial charge in [-0.2, -0.15) is 0 Å². The minimum Gasteiger partial charge on any atom is -0.506 e. The maximum atomic E-state index is 10.8. The van der Waals surface area contributed by atoms with Gasteiger partial charge in [0, 0.05) is 16.6 Å². The first-order valence-electron chi connectivity index (χ1n) is 5.74. The summed E-state index contributed by atoms with van der Waals surface area (Å²) < 4.78 is 5.80. The molecule has 0 aromatic heterocycles. The highest BCUT2D eigenvalue weighted by atomic mass is 79.9. The molecule has 2 rings (SSSR count). The highest BCUT2D eigenvalue weighted by molar-refractivity contribution is 9.10. The molecule has 21 heavy (non-hydrogen) atoms. The molecule has 2 aromatic carbocycles. The molecule has 0 radical (unpaired) electrons. The van der Waals surface area contributed by atoms with E-state index in [1.807, 2.05) is 0 Å². The second-order valence-corrected chi connectivity index (χ2v) is 4.86. The van der Waals surface area contributed by atoms with Crippen molar-refractivity contribution in [3.05, 3.63) is 51.0 Å². The Morgan fingerprint density at radius 1 is 1.19 bits per heavy atom. The number of nitro benzene ring substituents is 1. The molecule has 0 bridgehead atoms. The zero-order valence-corrected chi connectivity index (χ0v) is 12.4. The van der Waals surface area contributed by atoms with E-state index in [-0.39, 0.29) is 22.8 Å². The third kappa shape index (κ3) is 3.54. The first-order valence-corrected chi connectivity index (χ1v) is 6.53. The van der Waals surface area contributed by atoms with Crippen LogP contribution in [0.5, 0.6) is 11.5 Å². The molecule has 0 aliphatic rings. The molecule has 108 valence electrons. The quantitative estimate of drug-likeness (QED) is 0.498. The molecule has 0 aliphatic carbocycles. The second-order valence-electron chi connectivity index (χ2n) is 3.95. The molecule has 0 spiro atoms. The number of aromatic hydroxyl groups is 1. The van der Waals surface area contributed by atoms with E-state index in [4.69, 9.17) is 4.74 Å². The van der Waals surface area contributed by atoms with Gasteiger partial charge in [-0.3, -0.25) is 10.1 Å². The van der Waals surface area contributed by atoms with Crippen molar-refractivity contribution >= 4 is 33.0 Å². The van der Waals surface area contributed by atoms with Crippen LogP contribution in [-0.4, -0.2) is 17.1 Å². The van der Waals surface area contributed by atoms with E-state index in [0.717, 1.165) is 4.47 Å². The minimum absolute atomic E-state index is 0.0497. The van der Waals surface area contributed by atoms with Crippen molar-refractivity contribution in [2.45, 2.75) is 0 Å². The highest BCUT2D eigenvalue weighted by Gasteiger charge is 2.11. The Morgan fingerprint density at radius 3 is 2.57 bits per heavy atom. The van der Waals surface area contributed by atoms with Gasteiger partial charge in [0.15, 0.2) is 0 Å². The number of rotatable bonds is 4. The van der Waals surface area contributed by atoms with Gasteiger partial charge in [-0.05, 0) is 24.3 Å². The number of hydrogen-bond acceptors (Lipinski definition) is 6. The van der Waals surface area contributed by atoms with Crippen LogP contribution in [0.3, 0.4) is 0 Å². The smallest absolute Gasteiger partial charge is 0.271 e. The highest BCUT2D eigenvalue weighted by Crippen LogP contribution is 2.35. The van der Waals surface area contributed by atoms with Gasteiger partial charge < -0.3 is 9.84 Å². The van der Waals surface area contributed by atoms with Crippen LogP contribution < -0.4 is 4.74 Å². The fraction of sp³-hybridized carbons (Fsp3) is 0.0769. The number of ether oxygens (including phenoxy) is 1. The second kappa shape index (κ2) is 6.31. The number of methoxy groups -OCH3 is 1. The van der Waals surface area contributed by atoms with Gasteiger partial charge in [0.05, 0.1) is 12.0 Å². The van der Waals surface area contributed by atoms with Crippen molar-refractivity contribution in [2.75, 3.05) is 7.11 Å². The van der Waals surface area contributed by atoms with Gasteiger partial charge in [0.1, 0.15) is 22.9 Å². The normalized spacial score (nSPS) is 10.8. The largest absolute Gasteiger partial charge is 0.506 e. The summed E-state index contributed by atoms with van der Waals surface area (Å²) in [4.78, 5) is 10.2. The molecular formula is C13H10BrN3O4. The molecule has 0 saturated carbocycles. The van der Waals surface area contributed by atoms with Gasteiger partial charge in [0.25, 0.3) is 5.69 Å². The summed E-state index contributed by atoms with van der Waals surface area (Å²) in [6.45, 7) is 0. The van der Waals surface area contributed by atoms with Crippen LogP contribution in [0.25, 0.3) is 0 Å². The maximum Gasteiger partial charge on any atom is 0.271 e. The molecular weight excluding hydrogens is 342 g/mol. The van der Waals surface area contributed by atoms with Crippen molar-refractivity contribution < 1.29 is 14.8 Å². The standard InChI is InChI=1S/C13H10BrN3O4/c1-21-13-5-3-9(17(19)20)7-11(13)16-15-10-6-8(14)2-4-12(10)18/h2-7,18H,1H3. The molecule has 0 unspecified atom stereocenters. The predicted octanol–water partition coefficient (Wildman–Crippen LogP) is 4.49. The Balaban J connectivity index is 2.41. The lowest BCUT2D eigenvalue weighted by Crippen LogP contribution is -1.89. The molecule has 0 saturated heterocycles. The fourth-order valence-corrected chi connectivity index (χ4v) is 1.90. The summed E-state index contributed by atoms with van der Waals surface area (Å²) in [6, 6.07) is 8.69. The number of halogens is 1. The summed E-state index contributed by atoms with van der Waals surface area (Å²) in [5.74, 6) is 0.296. The van der Waals surface area contributed by atoms with E-state index >= 15 is 0 Å². The van der Waals surface area contributed by atoms with Gasteiger partial charge >= 0.3 is 0 Å². The van der Waals surface area contributed by atoms with Gasteiger partial charge in [-0.15, -0.1) is 10.2 Å². The van der Waals surface area contributed by atoms with E-state index in [1.165, 1.54) is 31.4 Å². The van der Waals surface area contributed by atoms with E-state index in [0.29, 0.717) is 5.75 Å². The van der Waals surface area contributed by atoms with E-state index in [9.17, 15) is 15.2 Å². The molecule has 1 N–H and O–H groups in total. The Hall–Kier alpha value is -2.48. The van der Waals surface area contributed by atoms with Crippen LogP contribution in [0.15, 0.2) is 51.1 Å². The molecule has 0 heterocycles. The van der Waals surface area contributed by atoms with Crippen molar-refractivity contribution in [3.63, 3.8) is 0 Å². The number of benzene rings is 2. The monoisotopic (exact) mass is 351 g/mol. The van der Waals surface area contributed by atoms with Crippen molar-refractivity contribution in [1.29, 1.82) is 0 Å². The van der Waals surface area contributed by atoms with Crippen molar-refractivity contribution in [2.24, 2.45) is 10.2 Å². The fourth-order valence-electron chi connectivity index (χ4n) is 1.55. The summed E-state index contributed by atoms with van der Waals surface area (Å²) in [7, 11) is 1.43. The lowest BCUT2D eigenvalue weighted by atomic mass is 10.2. The van der Waals surface area contributed by atoms with E-state index in [2.05, 4.69) is 26.2 Å². The molecule has 8 heteroatoms. The van der Waals surface area contributed by atoms with Crippen LogP contribution in [0, 0.1) is 10.1 Å². The number of phenolic OH excluding ortho intramolecular Hbond substituents is 1. The Bertz CT molecular complexity index is 719. The molecule has 2 aromatic rings. The zero-order valence-electron chi connectivity index (χ0n) is 10.9. The van der Waals surface area contributed by atoms with Gasteiger partial charge in [-0.1, -0.05) is 15.9 Å². The SMILES string of the molecule is COc1ccc([N+](=O)[O-])cc1N=Nc1cc(Br)ccc1O. The summed E-state index contributed by atoms with van der Waals surface area (Å²) in [5.41, 5.74) is 0.312. The van der Waals surface area contributed by atoms with Crippen LogP contribution in [0.2, 0.25) is 0 Å². The lowest BCUT2D eigenvalue weighted by Gasteiger charge is -2.03. The average Bonchev–Trinajstić information content (AvgIpc) is 2.47. The predicted molar refractivity (Wildman–Crippen MR) is 79.6 cm³/mol. The Kier molecular flexibility index (Phi) is 4.49. The number of phenols is 1. The number of hydrogen-bond donors (Lipinski definition) is 1. The summed E-state index contributed by atoms with van der Waals surface area (Å²) in [5, 5.41) is 28.2. The van der Waals surface area contributed by atoms with Crippen LogP contribution in [0.1, 0.15) is 0 Å². The third-order valence-corrected chi connectivity index (χ3v) is 3.07. The zero-order chi connectivity index (χ0) is 15.4. The molecule has 7 nitrogen and oxygen atoms in total.